The van der Waals surface area contributed by atoms with Crippen molar-refractivity contribution in [1.82, 2.24) is 14.8 Å². The Morgan fingerprint density at radius 2 is 2.25 bits per heavy atom. The van der Waals surface area contributed by atoms with Crippen LogP contribution in [0.4, 0.5) is 0 Å². The molecule has 0 saturated carbocycles. The maximum atomic E-state index is 11.8. The van der Waals surface area contributed by atoms with Crippen LogP contribution in [0.1, 0.15) is 48.8 Å². The van der Waals surface area contributed by atoms with E-state index >= 15 is 0 Å². The maximum absolute atomic E-state index is 11.8. The Bertz CT molecular complexity index is 755. The van der Waals surface area contributed by atoms with Gasteiger partial charge in [0.05, 0.1) is 31.0 Å². The summed E-state index contributed by atoms with van der Waals surface area (Å²) < 4.78 is 8.05. The number of carbonyl (C=O) groups excluding carboxylic acids is 1. The fraction of sp³-hybridized carbons (Fsp3) is 0.500. The van der Waals surface area contributed by atoms with Gasteiger partial charge in [0, 0.05) is 17.7 Å². The van der Waals surface area contributed by atoms with E-state index in [4.69, 9.17) is 14.8 Å². The summed E-state index contributed by atoms with van der Waals surface area (Å²) in [7, 11) is 1.45. The maximum Gasteiger partial charge on any atom is 0.309 e. The van der Waals surface area contributed by atoms with Crippen LogP contribution in [0.25, 0.3) is 0 Å². The standard InChI is InChI=1S/C18H22IN3O2/c1-11(2)15-6-4-5-13(20-15)10-22-17(19)14-8-7-12(18(23)24-3)9-16(14)21-22/h4-6,11-12H,7-10H2,1-3H3/t12-/m1/s1. The summed E-state index contributed by atoms with van der Waals surface area (Å²) in [6, 6.07) is 6.16. The Labute approximate surface area is 155 Å². The molecule has 1 atom stereocenters. The fourth-order valence-corrected chi connectivity index (χ4v) is 3.98. The van der Waals surface area contributed by atoms with E-state index in [9.17, 15) is 4.79 Å². The molecule has 1 aliphatic rings. The summed E-state index contributed by atoms with van der Waals surface area (Å²) >= 11 is 2.36. The zero-order chi connectivity index (χ0) is 17.3. The van der Waals surface area contributed by atoms with Crippen LogP contribution in [0.3, 0.4) is 0 Å². The van der Waals surface area contributed by atoms with E-state index in [-0.39, 0.29) is 11.9 Å². The third kappa shape index (κ3) is 3.48. The predicted octanol–water partition coefficient (Wildman–Crippen LogP) is 3.33. The van der Waals surface area contributed by atoms with Crippen molar-refractivity contribution in [2.24, 2.45) is 5.92 Å². The first-order valence-electron chi connectivity index (χ1n) is 8.27. The number of halogens is 1. The Morgan fingerprint density at radius 3 is 2.96 bits per heavy atom. The van der Waals surface area contributed by atoms with Gasteiger partial charge < -0.3 is 4.74 Å². The van der Waals surface area contributed by atoms with Crippen LogP contribution in [0.5, 0.6) is 0 Å². The Hall–Kier alpha value is -1.44. The van der Waals surface area contributed by atoms with Crippen molar-refractivity contribution < 1.29 is 9.53 Å². The molecule has 0 aliphatic heterocycles. The summed E-state index contributed by atoms with van der Waals surface area (Å²) in [6.07, 6.45) is 2.39. The Morgan fingerprint density at radius 1 is 1.46 bits per heavy atom. The number of fused-ring (bicyclic) bond motifs is 1. The highest BCUT2D eigenvalue weighted by Gasteiger charge is 2.29. The molecule has 0 amide bonds. The molecule has 2 aromatic heterocycles. The molecular formula is C18H22IN3O2. The second-order valence-corrected chi connectivity index (χ2v) is 7.57. The van der Waals surface area contributed by atoms with E-state index in [1.165, 1.54) is 12.7 Å². The van der Waals surface area contributed by atoms with Gasteiger partial charge in [0.25, 0.3) is 0 Å². The summed E-state index contributed by atoms with van der Waals surface area (Å²) in [6.45, 7) is 4.96. The van der Waals surface area contributed by atoms with Gasteiger partial charge in [0.15, 0.2) is 0 Å². The molecule has 0 aromatic carbocycles. The highest BCUT2D eigenvalue weighted by molar-refractivity contribution is 14.1. The minimum atomic E-state index is -0.128. The Kier molecular flexibility index (Phi) is 5.22. The number of hydrogen-bond acceptors (Lipinski definition) is 4. The van der Waals surface area contributed by atoms with E-state index in [1.807, 2.05) is 10.7 Å². The van der Waals surface area contributed by atoms with Gasteiger partial charge in [-0.1, -0.05) is 19.9 Å². The summed E-state index contributed by atoms with van der Waals surface area (Å²) in [4.78, 5) is 16.5. The monoisotopic (exact) mass is 439 g/mol. The second-order valence-electron chi connectivity index (χ2n) is 6.55. The summed E-state index contributed by atoms with van der Waals surface area (Å²) in [5.41, 5.74) is 4.42. The number of carbonyl (C=O) groups is 1. The van der Waals surface area contributed by atoms with Crippen molar-refractivity contribution >= 4 is 28.6 Å². The predicted molar refractivity (Wildman–Crippen MR) is 99.9 cm³/mol. The molecule has 0 bridgehead atoms. The highest BCUT2D eigenvalue weighted by atomic mass is 127. The van der Waals surface area contributed by atoms with Crippen LogP contribution in [-0.2, 0) is 28.9 Å². The van der Waals surface area contributed by atoms with Gasteiger partial charge in [-0.25, -0.2) is 0 Å². The molecule has 1 aliphatic carbocycles. The number of pyridine rings is 1. The van der Waals surface area contributed by atoms with E-state index in [1.54, 1.807) is 0 Å². The molecule has 0 spiro atoms. The normalized spacial score (nSPS) is 17.0. The van der Waals surface area contributed by atoms with Crippen molar-refractivity contribution in [3.8, 4) is 0 Å². The summed E-state index contributed by atoms with van der Waals surface area (Å²) in [5, 5.41) is 4.75. The number of nitrogens with zero attached hydrogens (tertiary/aromatic N) is 3. The van der Waals surface area contributed by atoms with Gasteiger partial charge >= 0.3 is 5.97 Å². The minimum absolute atomic E-state index is 0.0657. The van der Waals surface area contributed by atoms with Gasteiger partial charge in [0.1, 0.15) is 3.70 Å². The van der Waals surface area contributed by atoms with E-state index in [0.29, 0.717) is 18.9 Å². The van der Waals surface area contributed by atoms with E-state index in [0.717, 1.165) is 33.6 Å². The average molecular weight is 439 g/mol. The molecular weight excluding hydrogens is 417 g/mol. The summed E-state index contributed by atoms with van der Waals surface area (Å²) in [5.74, 6) is 0.219. The molecule has 6 heteroatoms. The third-order valence-electron chi connectivity index (χ3n) is 4.51. The number of rotatable bonds is 4. The zero-order valence-electron chi connectivity index (χ0n) is 14.3. The Balaban J connectivity index is 1.83. The third-order valence-corrected chi connectivity index (χ3v) is 5.72. The molecule has 0 unspecified atom stereocenters. The van der Waals surface area contributed by atoms with Crippen LogP contribution >= 0.6 is 22.6 Å². The first-order chi connectivity index (χ1) is 11.5. The molecule has 5 nitrogen and oxygen atoms in total. The topological polar surface area (TPSA) is 57.0 Å². The molecule has 0 fully saturated rings. The molecule has 128 valence electrons. The van der Waals surface area contributed by atoms with Crippen molar-refractivity contribution in [1.29, 1.82) is 0 Å². The van der Waals surface area contributed by atoms with Crippen molar-refractivity contribution in [3.05, 3.63) is 44.5 Å². The lowest BCUT2D eigenvalue weighted by atomic mass is 9.88. The minimum Gasteiger partial charge on any atom is -0.469 e. The fourth-order valence-electron chi connectivity index (χ4n) is 3.12. The number of ether oxygens (including phenoxy) is 1. The first kappa shape index (κ1) is 17.4. The number of aromatic nitrogens is 3. The van der Waals surface area contributed by atoms with Crippen LogP contribution < -0.4 is 0 Å². The second kappa shape index (κ2) is 7.21. The lowest BCUT2D eigenvalue weighted by molar-refractivity contribution is -0.145. The quantitative estimate of drug-likeness (QED) is 0.542. The van der Waals surface area contributed by atoms with Gasteiger partial charge in [-0.05, 0) is 53.5 Å². The van der Waals surface area contributed by atoms with Crippen LogP contribution in [0, 0.1) is 9.62 Å². The van der Waals surface area contributed by atoms with Gasteiger partial charge in [-0.15, -0.1) is 0 Å². The number of hydrogen-bond donors (Lipinski definition) is 0. The number of esters is 1. The van der Waals surface area contributed by atoms with Crippen LogP contribution in [-0.4, -0.2) is 27.8 Å². The molecule has 2 heterocycles. The van der Waals surface area contributed by atoms with Crippen molar-refractivity contribution in [2.75, 3.05) is 7.11 Å². The largest absolute Gasteiger partial charge is 0.469 e. The van der Waals surface area contributed by atoms with Crippen molar-refractivity contribution in [2.45, 2.75) is 45.6 Å². The SMILES string of the molecule is COC(=O)[C@@H]1CCc2c(nn(Cc3cccc(C(C)C)n3)c2I)C1. The zero-order valence-corrected chi connectivity index (χ0v) is 16.4. The van der Waals surface area contributed by atoms with Gasteiger partial charge in [-0.2, -0.15) is 5.10 Å². The molecule has 24 heavy (non-hydrogen) atoms. The van der Waals surface area contributed by atoms with Crippen molar-refractivity contribution in [3.63, 3.8) is 0 Å². The van der Waals surface area contributed by atoms with Crippen LogP contribution in [0.15, 0.2) is 18.2 Å². The highest BCUT2D eigenvalue weighted by Crippen LogP contribution is 2.29. The average Bonchev–Trinajstić information content (AvgIpc) is 2.89. The molecule has 2 aromatic rings. The molecule has 0 radical (unpaired) electrons. The lowest BCUT2D eigenvalue weighted by Crippen LogP contribution is -2.23. The van der Waals surface area contributed by atoms with E-state index in [2.05, 4.69) is 48.6 Å². The smallest absolute Gasteiger partial charge is 0.309 e. The number of methoxy groups -OCH3 is 1. The lowest BCUT2D eigenvalue weighted by Gasteiger charge is -2.18. The van der Waals surface area contributed by atoms with Gasteiger partial charge in [0.2, 0.25) is 0 Å². The van der Waals surface area contributed by atoms with Gasteiger partial charge in [-0.3, -0.25) is 14.5 Å². The molecule has 0 N–H and O–H groups in total. The first-order valence-corrected chi connectivity index (χ1v) is 9.35. The molecule has 0 saturated heterocycles. The van der Waals surface area contributed by atoms with Crippen LogP contribution in [0.2, 0.25) is 0 Å². The molecule has 3 rings (SSSR count). The van der Waals surface area contributed by atoms with E-state index < -0.39 is 0 Å².